The summed E-state index contributed by atoms with van der Waals surface area (Å²) < 4.78 is 85.5. The van der Waals surface area contributed by atoms with Gasteiger partial charge < -0.3 is 4.74 Å². The third-order valence-corrected chi connectivity index (χ3v) is 6.52. The summed E-state index contributed by atoms with van der Waals surface area (Å²) in [5.74, 6) is -2.05. The van der Waals surface area contributed by atoms with Gasteiger partial charge in [-0.1, -0.05) is 33.6 Å². The van der Waals surface area contributed by atoms with Crippen LogP contribution in [0.25, 0.3) is 0 Å². The molecule has 0 aliphatic carbocycles. The minimum Gasteiger partial charge on any atom is -0.496 e. The van der Waals surface area contributed by atoms with Gasteiger partial charge in [0, 0.05) is 10.7 Å². The molecule has 0 saturated heterocycles. The summed E-state index contributed by atoms with van der Waals surface area (Å²) in [6.07, 6.45) is -3.65. The van der Waals surface area contributed by atoms with E-state index >= 15 is 0 Å². The normalized spacial score (nSPS) is 11.8. The predicted octanol–water partition coefficient (Wildman–Crippen LogP) is 5.70. The number of anilines is 1. The number of carbonyl (C=O) groups is 1. The Bertz CT molecular complexity index is 1350. The van der Waals surface area contributed by atoms with Crippen LogP contribution in [0.15, 0.2) is 58.0 Å². The number of methoxy groups -OCH3 is 1. The molecule has 33 heavy (non-hydrogen) atoms. The Morgan fingerprint density at radius 3 is 2.48 bits per heavy atom. The summed E-state index contributed by atoms with van der Waals surface area (Å²) in [6, 6.07) is 6.80. The first kappa shape index (κ1) is 24.9. The van der Waals surface area contributed by atoms with Crippen molar-refractivity contribution in [3.05, 3.63) is 80.8 Å². The van der Waals surface area contributed by atoms with Gasteiger partial charge in [0.15, 0.2) is 0 Å². The third kappa shape index (κ3) is 5.28. The number of ketones is 1. The molecule has 0 unspecified atom stereocenters. The van der Waals surface area contributed by atoms with Gasteiger partial charge in [-0.15, -0.1) is 0 Å². The first-order valence-electron chi connectivity index (χ1n) is 8.77. The van der Waals surface area contributed by atoms with E-state index in [9.17, 15) is 30.8 Å². The Morgan fingerprint density at radius 1 is 1.18 bits per heavy atom. The number of aromatic nitrogens is 1. The predicted molar refractivity (Wildman–Crippen MR) is 116 cm³/mol. The standard InChI is InChI=1S/C20H12BrClF4N2O4S/c1-32-16-4-2-3-14(23)17(16)19(29)18-15(7-10(22)9-27-18)28-33(30,31)11-5-6-12(13(21)8-11)20(24,25)26/h2-9,28H,1H3. The molecule has 0 bridgehead atoms. The first-order chi connectivity index (χ1) is 15.3. The van der Waals surface area contributed by atoms with Crippen LogP contribution in [-0.4, -0.2) is 26.3 Å². The highest BCUT2D eigenvalue weighted by atomic mass is 79.9. The maximum absolute atomic E-state index is 14.4. The van der Waals surface area contributed by atoms with E-state index in [4.69, 9.17) is 16.3 Å². The van der Waals surface area contributed by atoms with Crippen molar-refractivity contribution >= 4 is 49.0 Å². The van der Waals surface area contributed by atoms with E-state index in [0.717, 1.165) is 30.5 Å². The van der Waals surface area contributed by atoms with Gasteiger partial charge in [0.05, 0.1) is 28.3 Å². The van der Waals surface area contributed by atoms with E-state index in [1.165, 1.54) is 19.2 Å². The summed E-state index contributed by atoms with van der Waals surface area (Å²) in [5, 5.41) is -0.0571. The topological polar surface area (TPSA) is 85.4 Å². The summed E-state index contributed by atoms with van der Waals surface area (Å²) in [6.45, 7) is 0. The molecule has 3 aromatic rings. The number of halogens is 6. The number of alkyl halides is 3. The van der Waals surface area contributed by atoms with Gasteiger partial charge in [0.25, 0.3) is 10.0 Å². The summed E-state index contributed by atoms with van der Waals surface area (Å²) in [7, 11) is -3.29. The maximum Gasteiger partial charge on any atom is 0.417 e. The second kappa shape index (κ2) is 9.27. The number of rotatable bonds is 6. The molecule has 6 nitrogen and oxygen atoms in total. The number of hydrogen-bond acceptors (Lipinski definition) is 5. The van der Waals surface area contributed by atoms with Gasteiger partial charge in [0.1, 0.15) is 22.8 Å². The molecule has 1 N–H and O–H groups in total. The SMILES string of the molecule is COc1cccc(F)c1C(=O)c1ncc(Cl)cc1NS(=O)(=O)c1ccc(C(F)(F)F)c(Br)c1. The van der Waals surface area contributed by atoms with Crippen molar-refractivity contribution in [2.75, 3.05) is 11.8 Å². The number of nitrogens with zero attached hydrogens (tertiary/aromatic N) is 1. The smallest absolute Gasteiger partial charge is 0.417 e. The first-order valence-corrected chi connectivity index (χ1v) is 11.4. The molecule has 0 fully saturated rings. The van der Waals surface area contributed by atoms with Crippen LogP contribution in [0, 0.1) is 5.82 Å². The summed E-state index contributed by atoms with van der Waals surface area (Å²) in [5.41, 5.74) is -2.48. The lowest BCUT2D eigenvalue weighted by atomic mass is 10.0. The molecule has 0 atom stereocenters. The molecular weight excluding hydrogens is 556 g/mol. The fourth-order valence-corrected chi connectivity index (χ4v) is 4.80. The molecule has 0 radical (unpaired) electrons. The van der Waals surface area contributed by atoms with Crippen LogP contribution in [0.3, 0.4) is 0 Å². The average molecular weight is 568 g/mol. The Hall–Kier alpha value is -2.70. The highest BCUT2D eigenvalue weighted by Crippen LogP contribution is 2.36. The van der Waals surface area contributed by atoms with Gasteiger partial charge in [-0.3, -0.25) is 9.52 Å². The average Bonchev–Trinajstić information content (AvgIpc) is 2.72. The van der Waals surface area contributed by atoms with Crippen molar-refractivity contribution in [3.63, 3.8) is 0 Å². The van der Waals surface area contributed by atoms with Gasteiger partial charge in [0.2, 0.25) is 5.78 Å². The van der Waals surface area contributed by atoms with Gasteiger partial charge in [-0.25, -0.2) is 17.8 Å². The van der Waals surface area contributed by atoms with E-state index < -0.39 is 59.7 Å². The maximum atomic E-state index is 14.4. The van der Waals surface area contributed by atoms with Gasteiger partial charge >= 0.3 is 6.18 Å². The highest BCUT2D eigenvalue weighted by molar-refractivity contribution is 9.10. The quantitative estimate of drug-likeness (QED) is 0.305. The molecule has 0 saturated carbocycles. The van der Waals surface area contributed by atoms with Gasteiger partial charge in [-0.05, 0) is 36.4 Å². The summed E-state index contributed by atoms with van der Waals surface area (Å²) in [4.78, 5) is 16.3. The number of carbonyl (C=O) groups excluding carboxylic acids is 1. The molecule has 3 rings (SSSR count). The number of ether oxygens (including phenoxy) is 1. The van der Waals surface area contributed by atoms with E-state index in [-0.39, 0.29) is 10.8 Å². The van der Waals surface area contributed by atoms with Crippen molar-refractivity contribution in [1.29, 1.82) is 0 Å². The molecule has 0 amide bonds. The van der Waals surface area contributed by atoms with Crippen LogP contribution in [0.2, 0.25) is 5.02 Å². The largest absolute Gasteiger partial charge is 0.496 e. The zero-order valence-electron chi connectivity index (χ0n) is 16.4. The van der Waals surface area contributed by atoms with Crippen LogP contribution in [0.5, 0.6) is 5.75 Å². The van der Waals surface area contributed by atoms with Crippen LogP contribution < -0.4 is 9.46 Å². The minimum atomic E-state index is -4.70. The molecule has 174 valence electrons. The van der Waals surface area contributed by atoms with Crippen molar-refractivity contribution in [2.24, 2.45) is 0 Å². The fourth-order valence-electron chi connectivity index (χ4n) is 2.81. The molecule has 2 aromatic carbocycles. The number of nitrogens with one attached hydrogen (secondary N) is 1. The van der Waals surface area contributed by atoms with E-state index in [0.29, 0.717) is 6.07 Å². The van der Waals surface area contributed by atoms with E-state index in [2.05, 4.69) is 25.6 Å². The van der Waals surface area contributed by atoms with Gasteiger partial charge in [-0.2, -0.15) is 13.2 Å². The van der Waals surface area contributed by atoms with E-state index in [1.54, 1.807) is 0 Å². The molecule has 0 aliphatic rings. The lowest BCUT2D eigenvalue weighted by Gasteiger charge is -2.15. The lowest BCUT2D eigenvalue weighted by Crippen LogP contribution is -2.18. The Kier molecular flexibility index (Phi) is 7.01. The van der Waals surface area contributed by atoms with Crippen LogP contribution in [-0.2, 0) is 16.2 Å². The highest BCUT2D eigenvalue weighted by Gasteiger charge is 2.34. The van der Waals surface area contributed by atoms with E-state index in [1.807, 2.05) is 0 Å². The van der Waals surface area contributed by atoms with Crippen molar-refractivity contribution < 1.29 is 35.5 Å². The Morgan fingerprint density at radius 2 is 1.88 bits per heavy atom. The molecule has 1 heterocycles. The number of hydrogen-bond donors (Lipinski definition) is 1. The lowest BCUT2D eigenvalue weighted by molar-refractivity contribution is -0.138. The number of sulfonamides is 1. The third-order valence-electron chi connectivity index (χ3n) is 4.29. The zero-order valence-corrected chi connectivity index (χ0v) is 19.5. The molecule has 0 spiro atoms. The molecule has 13 heteroatoms. The molecule has 0 aliphatic heterocycles. The molecular formula is C20H12BrClF4N2O4S. The Labute approximate surface area is 198 Å². The van der Waals surface area contributed by atoms with Crippen LogP contribution in [0.1, 0.15) is 21.6 Å². The zero-order chi connectivity index (χ0) is 24.6. The van der Waals surface area contributed by atoms with Crippen molar-refractivity contribution in [3.8, 4) is 5.75 Å². The van der Waals surface area contributed by atoms with Crippen molar-refractivity contribution in [1.82, 2.24) is 4.98 Å². The fraction of sp³-hybridized carbons (Fsp3) is 0.100. The minimum absolute atomic E-state index is 0.0571. The monoisotopic (exact) mass is 566 g/mol. The second-order valence-electron chi connectivity index (χ2n) is 6.44. The Balaban J connectivity index is 2.06. The molecule has 1 aromatic heterocycles. The number of pyridine rings is 1. The summed E-state index contributed by atoms with van der Waals surface area (Å²) >= 11 is 8.60. The van der Waals surface area contributed by atoms with Crippen LogP contribution in [0.4, 0.5) is 23.2 Å². The number of benzene rings is 2. The van der Waals surface area contributed by atoms with Crippen LogP contribution >= 0.6 is 27.5 Å². The van der Waals surface area contributed by atoms with Crippen molar-refractivity contribution in [2.45, 2.75) is 11.1 Å². The second-order valence-corrected chi connectivity index (χ2v) is 9.41.